The van der Waals surface area contributed by atoms with Crippen LogP contribution in [-0.4, -0.2) is 53.9 Å². The van der Waals surface area contributed by atoms with E-state index in [2.05, 4.69) is 11.2 Å². The summed E-state index contributed by atoms with van der Waals surface area (Å²) in [5.41, 5.74) is 2.19. The average Bonchev–Trinajstić information content (AvgIpc) is 3.26. The molecule has 164 valence electrons. The van der Waals surface area contributed by atoms with Gasteiger partial charge >= 0.3 is 5.97 Å². The SMILES string of the molecule is Cc1cc(O)cc2c1C(=O)OCC/C=C/CC/C=C/C(=N\OCC(=O)N1CC=CC1)C2. The smallest absolute Gasteiger partial charge is 0.338 e. The zero-order chi connectivity index (χ0) is 22.1. The lowest BCUT2D eigenvalue weighted by Crippen LogP contribution is -2.31. The Morgan fingerprint density at radius 3 is 2.68 bits per heavy atom. The Balaban J connectivity index is 1.82. The Kier molecular flexibility index (Phi) is 8.04. The molecule has 0 aliphatic carbocycles. The third-order valence-electron chi connectivity index (χ3n) is 5.01. The number of hydrogen-bond donors (Lipinski definition) is 1. The number of cyclic esters (lactones) is 1. The first-order valence-corrected chi connectivity index (χ1v) is 10.5. The van der Waals surface area contributed by atoms with E-state index in [1.165, 1.54) is 6.07 Å². The standard InChI is InChI=1S/C24H28N2O5/c1-18-14-21(27)16-19-15-20(25-31-17-22(28)26-11-7-8-12-26)10-6-4-2-3-5-9-13-30-24(29)23(18)19/h3,5-8,10,14,16,27H,2,4,9,11-13,15,17H2,1H3/b5-3+,10-6+,25-20+. The first-order chi connectivity index (χ1) is 15.0. The minimum Gasteiger partial charge on any atom is -0.508 e. The van der Waals surface area contributed by atoms with Crippen molar-refractivity contribution < 1.29 is 24.3 Å². The summed E-state index contributed by atoms with van der Waals surface area (Å²) in [7, 11) is 0. The van der Waals surface area contributed by atoms with Crippen molar-refractivity contribution in [1.29, 1.82) is 0 Å². The number of aromatic hydroxyl groups is 1. The van der Waals surface area contributed by atoms with Crippen LogP contribution in [0.2, 0.25) is 0 Å². The summed E-state index contributed by atoms with van der Waals surface area (Å²) in [5, 5.41) is 14.2. The van der Waals surface area contributed by atoms with Crippen LogP contribution in [-0.2, 0) is 20.8 Å². The highest BCUT2D eigenvalue weighted by atomic mass is 16.6. The van der Waals surface area contributed by atoms with Crippen LogP contribution in [0, 0.1) is 6.92 Å². The van der Waals surface area contributed by atoms with Gasteiger partial charge in [-0.05, 0) is 55.5 Å². The van der Waals surface area contributed by atoms with Crippen LogP contribution < -0.4 is 0 Å². The molecular weight excluding hydrogens is 396 g/mol. The highest BCUT2D eigenvalue weighted by Gasteiger charge is 2.19. The molecular formula is C24H28N2O5. The molecule has 0 radical (unpaired) electrons. The molecule has 7 heteroatoms. The number of oxime groups is 1. The van der Waals surface area contributed by atoms with E-state index < -0.39 is 5.97 Å². The molecule has 2 aliphatic rings. The number of fused-ring (bicyclic) bond motifs is 1. The van der Waals surface area contributed by atoms with Crippen molar-refractivity contribution in [3.63, 3.8) is 0 Å². The van der Waals surface area contributed by atoms with Crippen LogP contribution in [0.15, 0.2) is 53.7 Å². The fourth-order valence-electron chi connectivity index (χ4n) is 3.47. The number of ether oxygens (including phenoxy) is 1. The van der Waals surface area contributed by atoms with Crippen LogP contribution in [0.25, 0.3) is 0 Å². The van der Waals surface area contributed by atoms with Crippen molar-refractivity contribution in [2.45, 2.75) is 32.6 Å². The summed E-state index contributed by atoms with van der Waals surface area (Å²) >= 11 is 0. The van der Waals surface area contributed by atoms with Gasteiger partial charge in [0.2, 0.25) is 0 Å². The summed E-state index contributed by atoms with van der Waals surface area (Å²) in [4.78, 5) is 31.9. The zero-order valence-corrected chi connectivity index (χ0v) is 17.8. The van der Waals surface area contributed by atoms with Gasteiger partial charge in [0.25, 0.3) is 5.91 Å². The first-order valence-electron chi connectivity index (χ1n) is 10.5. The van der Waals surface area contributed by atoms with Gasteiger partial charge in [-0.2, -0.15) is 0 Å². The van der Waals surface area contributed by atoms with Crippen LogP contribution in [0.3, 0.4) is 0 Å². The molecule has 0 saturated carbocycles. The van der Waals surface area contributed by atoms with Crippen LogP contribution in [0.1, 0.15) is 40.7 Å². The second kappa shape index (κ2) is 11.2. The number of amides is 1. The van der Waals surface area contributed by atoms with Gasteiger partial charge in [0.1, 0.15) is 5.75 Å². The van der Waals surface area contributed by atoms with Gasteiger partial charge in [-0.3, -0.25) is 4.79 Å². The molecule has 7 nitrogen and oxygen atoms in total. The van der Waals surface area contributed by atoms with Crippen molar-refractivity contribution >= 4 is 17.6 Å². The number of carbonyl (C=O) groups is 2. The van der Waals surface area contributed by atoms with E-state index in [9.17, 15) is 14.7 Å². The summed E-state index contributed by atoms with van der Waals surface area (Å²) < 4.78 is 5.42. The molecule has 0 spiro atoms. The molecule has 1 N–H and O–H groups in total. The summed E-state index contributed by atoms with van der Waals surface area (Å²) in [6.07, 6.45) is 14.3. The van der Waals surface area contributed by atoms with Crippen molar-refractivity contribution in [1.82, 2.24) is 4.90 Å². The number of rotatable bonds is 3. The fourth-order valence-corrected chi connectivity index (χ4v) is 3.47. The average molecular weight is 424 g/mol. The Morgan fingerprint density at radius 2 is 1.87 bits per heavy atom. The van der Waals surface area contributed by atoms with E-state index in [-0.39, 0.29) is 24.7 Å². The molecule has 1 aromatic carbocycles. The molecule has 0 bridgehead atoms. The van der Waals surface area contributed by atoms with Gasteiger partial charge in [0, 0.05) is 19.5 Å². The third-order valence-corrected chi connectivity index (χ3v) is 5.01. The van der Waals surface area contributed by atoms with Crippen LogP contribution in [0.5, 0.6) is 5.75 Å². The van der Waals surface area contributed by atoms with Crippen molar-refractivity contribution in [3.8, 4) is 5.75 Å². The molecule has 1 aromatic rings. The van der Waals surface area contributed by atoms with E-state index in [1.807, 2.05) is 30.4 Å². The molecule has 2 heterocycles. The predicted octanol–water partition coefficient (Wildman–Crippen LogP) is 3.47. The first kappa shape index (κ1) is 22.3. The Hall–Kier alpha value is -3.35. The second-order valence-corrected chi connectivity index (χ2v) is 7.48. The molecule has 0 aromatic heterocycles. The Bertz CT molecular complexity index is 922. The molecule has 0 fully saturated rings. The summed E-state index contributed by atoms with van der Waals surface area (Å²) in [5.74, 6) is -0.505. The number of carbonyl (C=O) groups excluding carboxylic acids is 2. The molecule has 0 saturated heterocycles. The topological polar surface area (TPSA) is 88.4 Å². The minimum absolute atomic E-state index is 0.0639. The van der Waals surface area contributed by atoms with Crippen molar-refractivity contribution in [2.24, 2.45) is 5.16 Å². The van der Waals surface area contributed by atoms with Crippen molar-refractivity contribution in [3.05, 3.63) is 65.3 Å². The summed E-state index contributed by atoms with van der Waals surface area (Å²) in [6.45, 7) is 3.06. The summed E-state index contributed by atoms with van der Waals surface area (Å²) in [6, 6.07) is 3.08. The highest BCUT2D eigenvalue weighted by molar-refractivity contribution is 6.00. The quantitative estimate of drug-likeness (QED) is 0.456. The maximum Gasteiger partial charge on any atom is 0.338 e. The van der Waals surface area contributed by atoms with Gasteiger partial charge < -0.3 is 19.6 Å². The van der Waals surface area contributed by atoms with E-state index in [0.717, 1.165) is 12.8 Å². The monoisotopic (exact) mass is 424 g/mol. The Morgan fingerprint density at radius 1 is 1.13 bits per heavy atom. The normalized spacial score (nSPS) is 20.6. The van der Waals surface area contributed by atoms with E-state index in [0.29, 0.717) is 48.5 Å². The van der Waals surface area contributed by atoms with Gasteiger partial charge in [-0.25, -0.2) is 4.79 Å². The van der Waals surface area contributed by atoms with E-state index >= 15 is 0 Å². The lowest BCUT2D eigenvalue weighted by atomic mass is 9.96. The molecule has 2 aliphatic heterocycles. The van der Waals surface area contributed by atoms with E-state index in [4.69, 9.17) is 9.57 Å². The second-order valence-electron chi connectivity index (χ2n) is 7.48. The number of phenolic OH excluding ortho intramolecular Hbond substituents is 1. The third kappa shape index (κ3) is 6.57. The fraction of sp³-hybridized carbons (Fsp3) is 0.375. The van der Waals surface area contributed by atoms with Crippen LogP contribution in [0.4, 0.5) is 0 Å². The molecule has 3 rings (SSSR count). The Labute approximate surface area is 182 Å². The molecule has 0 atom stereocenters. The maximum absolute atomic E-state index is 12.7. The zero-order valence-electron chi connectivity index (χ0n) is 17.8. The van der Waals surface area contributed by atoms with Gasteiger partial charge in [-0.1, -0.05) is 35.5 Å². The van der Waals surface area contributed by atoms with Crippen molar-refractivity contribution in [2.75, 3.05) is 26.3 Å². The minimum atomic E-state index is -0.432. The van der Waals surface area contributed by atoms with Gasteiger partial charge in [0.15, 0.2) is 6.61 Å². The number of phenols is 1. The molecule has 31 heavy (non-hydrogen) atoms. The number of esters is 1. The molecule has 1 amide bonds. The maximum atomic E-state index is 12.7. The lowest BCUT2D eigenvalue weighted by Gasteiger charge is -2.15. The largest absolute Gasteiger partial charge is 0.508 e. The lowest BCUT2D eigenvalue weighted by molar-refractivity contribution is -0.134. The van der Waals surface area contributed by atoms with Gasteiger partial charge in [0.05, 0.1) is 17.9 Å². The number of aryl methyl sites for hydroxylation is 1. The molecule has 0 unspecified atom stereocenters. The number of nitrogens with zero attached hydrogens (tertiary/aromatic N) is 2. The number of allylic oxidation sites excluding steroid dienone is 3. The van der Waals surface area contributed by atoms with Gasteiger partial charge in [-0.15, -0.1) is 0 Å². The number of hydrogen-bond acceptors (Lipinski definition) is 6. The highest BCUT2D eigenvalue weighted by Crippen LogP contribution is 2.24. The van der Waals surface area contributed by atoms with E-state index in [1.54, 1.807) is 17.9 Å². The number of benzene rings is 1. The van der Waals surface area contributed by atoms with Crippen LogP contribution >= 0.6 is 0 Å². The predicted molar refractivity (Wildman–Crippen MR) is 118 cm³/mol.